The molecular formula is C16H24N2OS2. The van der Waals surface area contributed by atoms with Gasteiger partial charge in [-0.15, -0.1) is 11.3 Å². The van der Waals surface area contributed by atoms with Crippen molar-refractivity contribution in [1.29, 1.82) is 0 Å². The van der Waals surface area contributed by atoms with E-state index < -0.39 is 5.54 Å². The van der Waals surface area contributed by atoms with E-state index in [-0.39, 0.29) is 12.1 Å². The third-order valence-electron chi connectivity index (χ3n) is 4.94. The number of thiophene rings is 1. The molecule has 21 heavy (non-hydrogen) atoms. The van der Waals surface area contributed by atoms with Gasteiger partial charge in [-0.1, -0.05) is 6.92 Å². The van der Waals surface area contributed by atoms with E-state index in [1.165, 1.54) is 22.6 Å². The molecule has 116 valence electrons. The first-order valence-electron chi connectivity index (χ1n) is 7.63. The molecule has 2 heterocycles. The van der Waals surface area contributed by atoms with Crippen LogP contribution in [0.4, 0.5) is 0 Å². The van der Waals surface area contributed by atoms with Crippen LogP contribution in [0.3, 0.4) is 0 Å². The zero-order chi connectivity index (χ0) is 15.3. The van der Waals surface area contributed by atoms with Gasteiger partial charge in [0, 0.05) is 21.0 Å². The van der Waals surface area contributed by atoms with E-state index in [4.69, 9.17) is 0 Å². The topological polar surface area (TPSA) is 32.3 Å². The second-order valence-electron chi connectivity index (χ2n) is 6.50. The first-order valence-corrected chi connectivity index (χ1v) is 9.67. The summed E-state index contributed by atoms with van der Waals surface area (Å²) in [6, 6.07) is 4.31. The van der Waals surface area contributed by atoms with E-state index in [1.807, 2.05) is 18.7 Å². The largest absolute Gasteiger partial charge is 0.319 e. The van der Waals surface area contributed by atoms with Crippen LogP contribution in [0.25, 0.3) is 0 Å². The van der Waals surface area contributed by atoms with Gasteiger partial charge in [-0.25, -0.2) is 0 Å². The fourth-order valence-corrected chi connectivity index (χ4v) is 4.71. The standard InChI is InChI=1S/C16H24N2OS2/c1-5-15(3)14(19)18(10-16(20-4)8-9-16)13(17-15)12-7-6-11(2)21-12/h6-7,13,17H,5,8-10H2,1-4H3. The van der Waals surface area contributed by atoms with Crippen LogP contribution >= 0.6 is 23.1 Å². The molecule has 1 saturated heterocycles. The number of aryl methyl sites for hydroxylation is 1. The molecule has 1 N–H and O–H groups in total. The number of nitrogens with zero attached hydrogens (tertiary/aromatic N) is 1. The lowest BCUT2D eigenvalue weighted by Crippen LogP contribution is -2.43. The Morgan fingerprint density at radius 2 is 2.19 bits per heavy atom. The normalized spacial score (nSPS) is 31.0. The summed E-state index contributed by atoms with van der Waals surface area (Å²) in [4.78, 5) is 17.6. The minimum Gasteiger partial charge on any atom is -0.319 e. The Bertz CT molecular complexity index is 552. The lowest BCUT2D eigenvalue weighted by atomic mass is 9.99. The van der Waals surface area contributed by atoms with E-state index in [0.29, 0.717) is 4.75 Å². The summed E-state index contributed by atoms with van der Waals surface area (Å²) in [6.45, 7) is 7.13. The third kappa shape index (κ3) is 2.64. The van der Waals surface area contributed by atoms with Crippen molar-refractivity contribution in [3.8, 4) is 0 Å². The third-order valence-corrected chi connectivity index (χ3v) is 7.39. The average molecular weight is 325 g/mol. The van der Waals surface area contributed by atoms with Gasteiger partial charge in [0.15, 0.2) is 0 Å². The summed E-state index contributed by atoms with van der Waals surface area (Å²) in [6.07, 6.45) is 5.51. The first kappa shape index (κ1) is 15.4. The van der Waals surface area contributed by atoms with E-state index in [0.717, 1.165) is 13.0 Å². The monoisotopic (exact) mass is 324 g/mol. The maximum absolute atomic E-state index is 12.9. The highest BCUT2D eigenvalue weighted by atomic mass is 32.2. The summed E-state index contributed by atoms with van der Waals surface area (Å²) >= 11 is 3.71. The van der Waals surface area contributed by atoms with Gasteiger partial charge in [-0.2, -0.15) is 11.8 Å². The van der Waals surface area contributed by atoms with Crippen LogP contribution in [-0.2, 0) is 4.79 Å². The summed E-state index contributed by atoms with van der Waals surface area (Å²) in [5.41, 5.74) is -0.420. The molecule has 2 unspecified atom stereocenters. The molecule has 0 aromatic carbocycles. The van der Waals surface area contributed by atoms with Gasteiger partial charge in [0.1, 0.15) is 6.17 Å². The molecule has 1 aromatic rings. The van der Waals surface area contributed by atoms with Gasteiger partial charge < -0.3 is 4.90 Å². The Kier molecular flexibility index (Phi) is 3.87. The van der Waals surface area contributed by atoms with Crippen LogP contribution < -0.4 is 5.32 Å². The number of rotatable bonds is 5. The number of hydrogen-bond donors (Lipinski definition) is 1. The summed E-state index contributed by atoms with van der Waals surface area (Å²) in [7, 11) is 0. The molecule has 1 amide bonds. The van der Waals surface area contributed by atoms with Crippen molar-refractivity contribution >= 4 is 29.0 Å². The molecule has 0 bridgehead atoms. The molecule has 1 saturated carbocycles. The molecular weight excluding hydrogens is 300 g/mol. The number of carbonyl (C=O) groups excluding carboxylic acids is 1. The number of carbonyl (C=O) groups is 1. The lowest BCUT2D eigenvalue weighted by Gasteiger charge is -2.27. The number of nitrogens with one attached hydrogen (secondary N) is 1. The molecule has 2 atom stereocenters. The first-order chi connectivity index (χ1) is 9.93. The minimum absolute atomic E-state index is 0.0470. The van der Waals surface area contributed by atoms with Crippen molar-refractivity contribution in [2.75, 3.05) is 12.8 Å². The maximum Gasteiger partial charge on any atom is 0.244 e. The maximum atomic E-state index is 12.9. The van der Waals surface area contributed by atoms with Crippen LogP contribution in [0.15, 0.2) is 12.1 Å². The van der Waals surface area contributed by atoms with Crippen molar-refractivity contribution in [3.63, 3.8) is 0 Å². The number of hydrogen-bond acceptors (Lipinski definition) is 4. The molecule has 2 aliphatic rings. The van der Waals surface area contributed by atoms with Crippen molar-refractivity contribution in [2.24, 2.45) is 0 Å². The predicted molar refractivity (Wildman–Crippen MR) is 90.8 cm³/mol. The molecule has 1 aromatic heterocycles. The molecule has 3 nitrogen and oxygen atoms in total. The molecule has 0 radical (unpaired) electrons. The second-order valence-corrected chi connectivity index (χ2v) is 9.09. The zero-order valence-corrected chi connectivity index (χ0v) is 14.9. The van der Waals surface area contributed by atoms with Gasteiger partial charge >= 0.3 is 0 Å². The van der Waals surface area contributed by atoms with E-state index in [1.54, 1.807) is 11.3 Å². The Hall–Kier alpha value is -0.520. The molecule has 0 spiro atoms. The van der Waals surface area contributed by atoms with Crippen LogP contribution in [0, 0.1) is 6.92 Å². The van der Waals surface area contributed by atoms with Gasteiger partial charge in [0.25, 0.3) is 0 Å². The van der Waals surface area contributed by atoms with Crippen LogP contribution in [0.5, 0.6) is 0 Å². The second kappa shape index (κ2) is 5.28. The van der Waals surface area contributed by atoms with Crippen molar-refractivity contribution < 1.29 is 4.79 Å². The van der Waals surface area contributed by atoms with Crippen LogP contribution in [0.1, 0.15) is 49.0 Å². The number of amides is 1. The highest BCUT2D eigenvalue weighted by Crippen LogP contribution is 2.50. The van der Waals surface area contributed by atoms with Gasteiger partial charge in [0.05, 0.1) is 5.54 Å². The van der Waals surface area contributed by atoms with Crippen LogP contribution in [-0.4, -0.2) is 33.9 Å². The molecule has 2 fully saturated rings. The van der Waals surface area contributed by atoms with Gasteiger partial charge in [-0.05, 0) is 51.5 Å². The predicted octanol–water partition coefficient (Wildman–Crippen LogP) is 3.55. The molecule has 1 aliphatic heterocycles. The summed E-state index contributed by atoms with van der Waals surface area (Å²) < 4.78 is 0.306. The van der Waals surface area contributed by atoms with E-state index in [9.17, 15) is 4.79 Å². The van der Waals surface area contributed by atoms with Gasteiger partial charge in [0.2, 0.25) is 5.91 Å². The lowest BCUT2D eigenvalue weighted by molar-refractivity contribution is -0.133. The zero-order valence-electron chi connectivity index (χ0n) is 13.2. The SMILES string of the molecule is CCC1(C)NC(c2ccc(C)s2)N(CC2(SC)CC2)C1=O. The molecule has 3 rings (SSSR count). The van der Waals surface area contributed by atoms with E-state index in [2.05, 4.69) is 42.5 Å². The number of thioether (sulfide) groups is 1. The fourth-order valence-electron chi connectivity index (χ4n) is 2.99. The Morgan fingerprint density at radius 1 is 1.48 bits per heavy atom. The van der Waals surface area contributed by atoms with E-state index >= 15 is 0 Å². The Balaban J connectivity index is 1.90. The smallest absolute Gasteiger partial charge is 0.244 e. The highest BCUT2D eigenvalue weighted by molar-refractivity contribution is 8.00. The summed E-state index contributed by atoms with van der Waals surface area (Å²) in [5.74, 6) is 0.265. The highest BCUT2D eigenvalue weighted by Gasteiger charge is 2.52. The van der Waals surface area contributed by atoms with Crippen molar-refractivity contribution in [2.45, 2.75) is 56.5 Å². The Morgan fingerprint density at radius 3 is 2.67 bits per heavy atom. The van der Waals surface area contributed by atoms with Crippen LogP contribution in [0.2, 0.25) is 0 Å². The quantitative estimate of drug-likeness (QED) is 0.899. The minimum atomic E-state index is -0.420. The molecule has 1 aliphatic carbocycles. The fraction of sp³-hybridized carbons (Fsp3) is 0.688. The van der Waals surface area contributed by atoms with Crippen molar-refractivity contribution in [3.05, 3.63) is 21.9 Å². The average Bonchev–Trinajstić information content (AvgIpc) is 3.06. The van der Waals surface area contributed by atoms with Crippen molar-refractivity contribution in [1.82, 2.24) is 10.2 Å². The van der Waals surface area contributed by atoms with Gasteiger partial charge in [-0.3, -0.25) is 10.1 Å². The Labute approximate surface area is 135 Å². The molecule has 5 heteroatoms. The summed E-state index contributed by atoms with van der Waals surface area (Å²) in [5, 5.41) is 3.60.